The molecule has 22 nitrogen and oxygen atoms in total. The van der Waals surface area contributed by atoms with Gasteiger partial charge in [-0.05, 0) is 91.5 Å². The van der Waals surface area contributed by atoms with Gasteiger partial charge in [0.15, 0.2) is 0 Å². The first kappa shape index (κ1) is 67.9. The van der Waals surface area contributed by atoms with Crippen molar-refractivity contribution in [1.82, 2.24) is 42.1 Å². The van der Waals surface area contributed by atoms with Crippen LogP contribution in [0.25, 0.3) is 0 Å². The van der Waals surface area contributed by atoms with Gasteiger partial charge in [0.25, 0.3) is 0 Å². The van der Waals surface area contributed by atoms with Gasteiger partial charge in [0.2, 0.25) is 35.4 Å². The van der Waals surface area contributed by atoms with Gasteiger partial charge in [-0.25, -0.2) is 14.4 Å². The van der Waals surface area contributed by atoms with Crippen molar-refractivity contribution in [1.29, 1.82) is 0 Å². The van der Waals surface area contributed by atoms with E-state index < -0.39 is 107 Å². The van der Waals surface area contributed by atoms with Crippen molar-refractivity contribution in [3.63, 3.8) is 0 Å². The minimum Gasteiger partial charge on any atom is -0.445 e. The molecule has 22 heteroatoms. The zero-order chi connectivity index (χ0) is 58.8. The third-order valence-electron chi connectivity index (χ3n) is 13.0. The highest BCUT2D eigenvalue weighted by molar-refractivity contribution is 5.94. The van der Waals surface area contributed by atoms with E-state index >= 15 is 0 Å². The molecule has 1 aromatic rings. The number of rotatable bonds is 31. The summed E-state index contributed by atoms with van der Waals surface area (Å²) in [4.78, 5) is 122. The third kappa shape index (κ3) is 26.9. The van der Waals surface area contributed by atoms with Gasteiger partial charge in [0.1, 0.15) is 42.0 Å². The van der Waals surface area contributed by atoms with Crippen LogP contribution in [-0.2, 0) is 54.3 Å². The zero-order valence-corrected chi connectivity index (χ0v) is 48.8. The predicted molar refractivity (Wildman–Crippen MR) is 295 cm³/mol. The van der Waals surface area contributed by atoms with Gasteiger partial charge in [0.05, 0.1) is 37.6 Å². The number of hydrogen-bond donors (Lipinski definition) is 8. The fourth-order valence-corrected chi connectivity index (χ4v) is 8.65. The van der Waals surface area contributed by atoms with E-state index in [1.807, 2.05) is 19.9 Å². The number of primary amides is 1. The van der Waals surface area contributed by atoms with Crippen LogP contribution in [0.2, 0.25) is 0 Å². The fraction of sp³-hybridized carbons (Fsp3) is 0.732. The summed E-state index contributed by atoms with van der Waals surface area (Å²) in [6.45, 7) is 20.3. The van der Waals surface area contributed by atoms with Crippen molar-refractivity contribution in [3.05, 3.63) is 35.9 Å². The normalized spacial score (nSPS) is 16.0. The summed E-state index contributed by atoms with van der Waals surface area (Å²) in [7, 11) is 1.57. The van der Waals surface area contributed by atoms with Crippen molar-refractivity contribution in [2.75, 3.05) is 33.3 Å². The van der Waals surface area contributed by atoms with E-state index in [1.54, 1.807) is 93.6 Å². The van der Waals surface area contributed by atoms with E-state index in [1.165, 1.54) is 4.90 Å². The molecule has 1 aromatic carbocycles. The number of hydrogen-bond acceptors (Lipinski definition) is 13. The molecule has 0 bridgehead atoms. The van der Waals surface area contributed by atoms with Gasteiger partial charge >= 0.3 is 18.3 Å². The number of nitrogens with zero attached hydrogens (tertiary/aromatic N) is 1. The number of nitrogens with one attached hydrogen (secondary N) is 7. The Hall–Kier alpha value is -6.19. The summed E-state index contributed by atoms with van der Waals surface area (Å²) in [5.74, 6) is -5.30. The van der Waals surface area contributed by atoms with Gasteiger partial charge in [-0.1, -0.05) is 110 Å². The van der Waals surface area contributed by atoms with Crippen LogP contribution in [0.1, 0.15) is 159 Å². The molecule has 0 aromatic heterocycles. The van der Waals surface area contributed by atoms with Crippen LogP contribution in [0.3, 0.4) is 0 Å². The number of ether oxygens (including phenoxy) is 4. The molecule has 1 saturated carbocycles. The standard InChI is InChI=1S/C56H95N9O13/c1-14-15-16-23-28-44(75-33-37(5)61-47(67)36(4)30-58-48(68)42(63-54(74)78-56(10,11)12)32-60-53(73)77-55(7,8)9)38(6)51(71)65(13)43(29-35(2)3)49(69)64-45(40-26-21-18-22-27-40)50(70)62-41(46(57)66)31-59-52(72)76-34-39-24-19-17-20-25-39/h17,19-20,24-25,35-38,40-45H,14-16,18,21-23,26-34H2,1-13H3,(H2,57,66)(H,58,68)(H,59,72)(H,60,73)(H,61,67)(H,62,70)(H,63,74)(H,64,69)/t36-,37+,38+,41-,42-,43-,44+,45-/m0/s1. The first-order valence-electron chi connectivity index (χ1n) is 27.8. The Bertz CT molecular complexity index is 2070. The number of alkyl carbamates (subject to hydrolysis) is 3. The van der Waals surface area contributed by atoms with Crippen molar-refractivity contribution in [2.45, 2.75) is 208 Å². The molecule has 0 saturated heterocycles. The average molecular weight is 1100 g/mol. The molecule has 8 atom stereocenters. The minimum atomic E-state index is -1.32. The molecule has 9 amide bonds. The molecular formula is C56H95N9O13. The molecule has 442 valence electrons. The lowest BCUT2D eigenvalue weighted by Gasteiger charge is -2.36. The van der Waals surface area contributed by atoms with Gasteiger partial charge in [0, 0.05) is 19.6 Å². The molecule has 78 heavy (non-hydrogen) atoms. The summed E-state index contributed by atoms with van der Waals surface area (Å²) >= 11 is 0. The lowest BCUT2D eigenvalue weighted by molar-refractivity contribution is -0.147. The summed E-state index contributed by atoms with van der Waals surface area (Å²) in [6.07, 6.45) is 5.25. The second kappa shape index (κ2) is 34.0. The summed E-state index contributed by atoms with van der Waals surface area (Å²) in [5, 5.41) is 18.6. The lowest BCUT2D eigenvalue weighted by Crippen LogP contribution is -2.60. The Morgan fingerprint density at radius 1 is 0.667 bits per heavy atom. The largest absolute Gasteiger partial charge is 0.445 e. The van der Waals surface area contributed by atoms with E-state index in [9.17, 15) is 43.2 Å². The number of likely N-dealkylation sites (N-methyl/N-ethyl adjacent to an activating group) is 1. The summed E-state index contributed by atoms with van der Waals surface area (Å²) in [6, 6.07) is 3.84. The first-order valence-corrected chi connectivity index (χ1v) is 27.8. The Morgan fingerprint density at radius 3 is 1.86 bits per heavy atom. The quantitative estimate of drug-likeness (QED) is 0.0338. The highest BCUT2D eigenvalue weighted by atomic mass is 16.6. The van der Waals surface area contributed by atoms with E-state index in [4.69, 9.17) is 24.7 Å². The number of carbonyl (C=O) groups is 9. The van der Waals surface area contributed by atoms with Crippen LogP contribution in [0.4, 0.5) is 14.4 Å². The Morgan fingerprint density at radius 2 is 1.27 bits per heavy atom. The molecule has 2 rings (SSSR count). The molecule has 9 N–H and O–H groups in total. The van der Waals surface area contributed by atoms with E-state index in [0.29, 0.717) is 19.3 Å². The summed E-state index contributed by atoms with van der Waals surface area (Å²) < 4.78 is 22.3. The van der Waals surface area contributed by atoms with Crippen molar-refractivity contribution in [3.8, 4) is 0 Å². The lowest BCUT2D eigenvalue weighted by atomic mass is 9.83. The maximum atomic E-state index is 14.6. The minimum absolute atomic E-state index is 0.0107. The Labute approximate surface area is 463 Å². The maximum absolute atomic E-state index is 14.6. The average Bonchev–Trinajstić information content (AvgIpc) is 3.36. The van der Waals surface area contributed by atoms with Crippen LogP contribution in [0.15, 0.2) is 30.3 Å². The van der Waals surface area contributed by atoms with Crippen molar-refractivity contribution in [2.24, 2.45) is 29.4 Å². The number of amides is 9. The van der Waals surface area contributed by atoms with E-state index in [2.05, 4.69) is 44.1 Å². The molecule has 0 heterocycles. The molecule has 0 radical (unpaired) electrons. The number of unbranched alkanes of at least 4 members (excludes halogenated alkanes) is 3. The smallest absolute Gasteiger partial charge is 0.408 e. The summed E-state index contributed by atoms with van der Waals surface area (Å²) in [5.41, 5.74) is 4.78. The molecule has 0 aliphatic heterocycles. The van der Waals surface area contributed by atoms with Crippen LogP contribution >= 0.6 is 0 Å². The van der Waals surface area contributed by atoms with Gasteiger partial charge in [-0.2, -0.15) is 0 Å². The molecule has 1 aliphatic carbocycles. The number of carbonyl (C=O) groups excluding carboxylic acids is 9. The van der Waals surface area contributed by atoms with Gasteiger partial charge in [-0.3, -0.25) is 28.8 Å². The maximum Gasteiger partial charge on any atom is 0.408 e. The topological polar surface area (TPSA) is 304 Å². The Balaban J connectivity index is 2.19. The molecule has 0 spiro atoms. The second-order valence-corrected chi connectivity index (χ2v) is 23.0. The van der Waals surface area contributed by atoms with Crippen LogP contribution < -0.4 is 43.0 Å². The van der Waals surface area contributed by atoms with Gasteiger partial charge < -0.3 is 66.8 Å². The predicted octanol–water partition coefficient (Wildman–Crippen LogP) is 5.49. The van der Waals surface area contributed by atoms with E-state index in [-0.39, 0.29) is 57.0 Å². The number of nitrogens with two attached hydrogens (primary N) is 1. The zero-order valence-electron chi connectivity index (χ0n) is 48.8. The van der Waals surface area contributed by atoms with Crippen LogP contribution in [0, 0.1) is 23.7 Å². The highest BCUT2D eigenvalue weighted by Crippen LogP contribution is 2.28. The van der Waals surface area contributed by atoms with Crippen LogP contribution in [0.5, 0.6) is 0 Å². The molecule has 1 fully saturated rings. The molecule has 1 aliphatic rings. The van der Waals surface area contributed by atoms with Crippen molar-refractivity contribution < 1.29 is 62.1 Å². The molecular weight excluding hydrogens is 1010 g/mol. The number of benzene rings is 1. The molecule has 0 unspecified atom stereocenters. The Kier molecular flexibility index (Phi) is 29.6. The third-order valence-corrected chi connectivity index (χ3v) is 13.0. The van der Waals surface area contributed by atoms with Gasteiger partial charge in [-0.15, -0.1) is 0 Å². The van der Waals surface area contributed by atoms with Crippen molar-refractivity contribution >= 4 is 53.7 Å². The highest BCUT2D eigenvalue weighted by Gasteiger charge is 2.39. The first-order chi connectivity index (χ1) is 36.5. The fourth-order valence-electron chi connectivity index (χ4n) is 8.65. The van der Waals surface area contributed by atoms with E-state index in [0.717, 1.165) is 50.5 Å². The SMILES string of the molecule is CCCCCC[C@@H](OC[C@@H](C)NC(=O)[C@@H](C)CNC(=O)[C@H](CNC(=O)OC(C)(C)C)NC(=O)OC(C)(C)C)[C@@H](C)C(=O)N(C)[C@@H](CC(C)C)C(=O)N[C@H](C(=O)N[C@@H](CNC(=O)OCc1ccccc1)C(N)=O)C1CCCCC1. The van der Waals surface area contributed by atoms with Crippen LogP contribution in [-0.4, -0.2) is 139 Å². The second-order valence-electron chi connectivity index (χ2n) is 23.0. The monoisotopic (exact) mass is 1100 g/mol.